The molecule has 3 aromatic carbocycles. The third-order valence-electron chi connectivity index (χ3n) is 8.77. The van der Waals surface area contributed by atoms with Crippen LogP contribution in [0, 0.1) is 12.3 Å². The number of aliphatic hydroxyl groups is 1. The Morgan fingerprint density at radius 3 is 2.45 bits per heavy atom. The van der Waals surface area contributed by atoms with Gasteiger partial charge >= 0.3 is 11.9 Å². The maximum atomic E-state index is 14.2. The maximum Gasteiger partial charge on any atom is 0.342 e. The minimum absolute atomic E-state index is 0.0338. The van der Waals surface area contributed by atoms with Gasteiger partial charge in [0.05, 0.1) is 35.0 Å². The molecule has 4 aliphatic rings. The van der Waals surface area contributed by atoms with Gasteiger partial charge < -0.3 is 34.3 Å². The van der Waals surface area contributed by atoms with Crippen LogP contribution in [0.1, 0.15) is 57.1 Å². The van der Waals surface area contributed by atoms with Gasteiger partial charge in [0.1, 0.15) is 51.2 Å². The molecular weight excluding hydrogens is 572 g/mol. The summed E-state index contributed by atoms with van der Waals surface area (Å²) in [4.78, 5) is 53.1. The standard InChI is InChI=1S/C33H24O11/c1-12-8-16-22(18(36)9-12)30(40)26-27(37)15-6-7-33(26,31(16)43-13(2)34)11-14-10-20-25(28(38)21(14)15)29(39)24-19(44-20)5-4-17(35)23(24)32(41)42-3/h4-10,15,31,35-36,38,40H,11H2,1-3H3/t15?,31-,33-/m0/s1. The summed E-state index contributed by atoms with van der Waals surface area (Å²) in [5.41, 5.74) is -1.60. The minimum Gasteiger partial charge on any atom is -0.507 e. The lowest BCUT2D eigenvalue weighted by Gasteiger charge is -2.44. The molecule has 0 aliphatic heterocycles. The van der Waals surface area contributed by atoms with Crippen molar-refractivity contribution in [1.82, 2.24) is 0 Å². The third-order valence-corrected chi connectivity index (χ3v) is 8.77. The number of Topliss-reactive ketones (excluding diaryl/α,β-unsaturated/α-hetero) is 1. The van der Waals surface area contributed by atoms with Crippen LogP contribution in [0.3, 0.4) is 0 Å². The number of ether oxygens (including phenoxy) is 2. The van der Waals surface area contributed by atoms with E-state index in [-0.39, 0.29) is 50.8 Å². The van der Waals surface area contributed by atoms with Gasteiger partial charge in [-0.05, 0) is 48.7 Å². The van der Waals surface area contributed by atoms with Gasteiger partial charge in [0.25, 0.3) is 0 Å². The first kappa shape index (κ1) is 27.3. The van der Waals surface area contributed by atoms with E-state index in [0.717, 1.165) is 7.11 Å². The number of aromatic hydroxyl groups is 3. The summed E-state index contributed by atoms with van der Waals surface area (Å²) in [6.07, 6.45) is 1.97. The van der Waals surface area contributed by atoms with E-state index in [1.165, 1.54) is 37.3 Å². The van der Waals surface area contributed by atoms with E-state index in [9.17, 15) is 39.6 Å². The Hall–Kier alpha value is -5.58. The van der Waals surface area contributed by atoms with Crippen LogP contribution in [0.5, 0.6) is 17.2 Å². The largest absolute Gasteiger partial charge is 0.507 e. The highest BCUT2D eigenvalue weighted by atomic mass is 16.5. The number of aliphatic hydroxyl groups excluding tert-OH is 1. The van der Waals surface area contributed by atoms with Crippen LogP contribution >= 0.6 is 0 Å². The van der Waals surface area contributed by atoms with Crippen molar-refractivity contribution < 1.29 is 48.7 Å². The van der Waals surface area contributed by atoms with Crippen molar-refractivity contribution in [3.8, 4) is 17.2 Å². The number of rotatable bonds is 2. The van der Waals surface area contributed by atoms with Gasteiger partial charge in [-0.1, -0.05) is 18.2 Å². The highest BCUT2D eigenvalue weighted by Crippen LogP contribution is 2.61. The van der Waals surface area contributed by atoms with Crippen molar-refractivity contribution in [2.75, 3.05) is 7.11 Å². The van der Waals surface area contributed by atoms with Crippen molar-refractivity contribution in [3.05, 3.63) is 91.7 Å². The Bertz CT molecular complexity index is 2170. The molecule has 0 saturated heterocycles. The lowest BCUT2D eigenvalue weighted by atomic mass is 9.61. The number of esters is 2. The first-order valence-electron chi connectivity index (χ1n) is 13.6. The van der Waals surface area contributed by atoms with Gasteiger partial charge in [-0.2, -0.15) is 0 Å². The summed E-state index contributed by atoms with van der Waals surface area (Å²) in [6, 6.07) is 7.06. The summed E-state index contributed by atoms with van der Waals surface area (Å²) in [6.45, 7) is 2.94. The number of aryl methyl sites for hydroxylation is 1. The fourth-order valence-electron chi connectivity index (χ4n) is 7.10. The molecule has 4 aromatic rings. The number of phenols is 3. The second-order valence-corrected chi connectivity index (χ2v) is 11.3. The van der Waals surface area contributed by atoms with Crippen molar-refractivity contribution in [1.29, 1.82) is 0 Å². The van der Waals surface area contributed by atoms with E-state index < -0.39 is 63.4 Å². The molecule has 0 radical (unpaired) electrons. The van der Waals surface area contributed by atoms with Crippen LogP contribution in [-0.2, 0) is 25.5 Å². The molecule has 1 spiro atoms. The topological polar surface area (TPSA) is 181 Å². The van der Waals surface area contributed by atoms with Gasteiger partial charge in [0.15, 0.2) is 5.78 Å². The van der Waals surface area contributed by atoms with Gasteiger partial charge in [0.2, 0.25) is 5.43 Å². The fourth-order valence-corrected chi connectivity index (χ4v) is 7.10. The lowest BCUT2D eigenvalue weighted by molar-refractivity contribution is -0.152. The van der Waals surface area contributed by atoms with E-state index in [4.69, 9.17) is 13.9 Å². The van der Waals surface area contributed by atoms with Gasteiger partial charge in [0, 0.05) is 18.1 Å². The average Bonchev–Trinajstić information content (AvgIpc) is 3.18. The number of hydrogen-bond acceptors (Lipinski definition) is 11. The zero-order chi connectivity index (χ0) is 31.4. The normalized spacial score (nSPS) is 21.6. The van der Waals surface area contributed by atoms with Crippen LogP contribution in [0.4, 0.5) is 0 Å². The zero-order valence-electron chi connectivity index (χ0n) is 23.5. The summed E-state index contributed by atoms with van der Waals surface area (Å²) in [5, 5.41) is 43.8. The number of ketones is 1. The minimum atomic E-state index is -1.44. The predicted octanol–water partition coefficient (Wildman–Crippen LogP) is 4.51. The van der Waals surface area contributed by atoms with Crippen LogP contribution in [0.2, 0.25) is 0 Å². The Morgan fingerprint density at radius 1 is 1.00 bits per heavy atom. The van der Waals surface area contributed by atoms with Gasteiger partial charge in [-0.25, -0.2) is 4.79 Å². The number of phenolic OH excluding ortho intramolecular Hbond substituents is 3. The molecule has 11 nitrogen and oxygen atoms in total. The number of fused-ring (bicyclic) bond motifs is 3. The molecule has 0 amide bonds. The predicted molar refractivity (Wildman–Crippen MR) is 155 cm³/mol. The Morgan fingerprint density at radius 2 is 1.75 bits per heavy atom. The summed E-state index contributed by atoms with van der Waals surface area (Å²) in [5.74, 6) is -5.33. The van der Waals surface area contributed by atoms with Crippen molar-refractivity contribution in [2.45, 2.75) is 32.3 Å². The van der Waals surface area contributed by atoms with Crippen LogP contribution < -0.4 is 5.43 Å². The molecule has 3 atom stereocenters. The molecule has 4 N–H and O–H groups in total. The molecule has 1 aromatic heterocycles. The highest BCUT2D eigenvalue weighted by molar-refractivity contribution is 6.13. The highest BCUT2D eigenvalue weighted by Gasteiger charge is 2.57. The Kier molecular flexibility index (Phi) is 5.55. The molecule has 0 fully saturated rings. The molecular formula is C33H24O11. The lowest BCUT2D eigenvalue weighted by Crippen LogP contribution is -2.42. The van der Waals surface area contributed by atoms with E-state index in [1.54, 1.807) is 19.1 Å². The maximum absolute atomic E-state index is 14.2. The Balaban J connectivity index is 1.56. The monoisotopic (exact) mass is 596 g/mol. The fraction of sp³-hybridized carbons (Fsp3) is 0.212. The number of benzene rings is 3. The number of carbonyl (C=O) groups is 3. The summed E-state index contributed by atoms with van der Waals surface area (Å²) >= 11 is 0. The second kappa shape index (κ2) is 8.96. The number of hydrogen-bond donors (Lipinski definition) is 4. The molecule has 44 heavy (non-hydrogen) atoms. The first-order chi connectivity index (χ1) is 20.9. The zero-order valence-corrected chi connectivity index (χ0v) is 23.5. The van der Waals surface area contributed by atoms with E-state index >= 15 is 0 Å². The summed E-state index contributed by atoms with van der Waals surface area (Å²) in [7, 11) is 1.08. The van der Waals surface area contributed by atoms with Gasteiger partial charge in [-0.3, -0.25) is 14.4 Å². The first-order valence-corrected chi connectivity index (χ1v) is 13.6. The van der Waals surface area contributed by atoms with E-state index in [0.29, 0.717) is 16.7 Å². The number of allylic oxidation sites excluding steroid dienone is 1. The van der Waals surface area contributed by atoms with Crippen molar-refractivity contribution in [2.24, 2.45) is 5.41 Å². The van der Waals surface area contributed by atoms with E-state index in [2.05, 4.69) is 0 Å². The SMILES string of the molecule is COC(=O)c1c(O)ccc2oc3cc4c(c(O)c3c(=O)c12)C1C=C[C@]2(C4)C(=C(O)c3c(O)cc(C)cc3[C@@H]2OC(C)=O)C1=O. The molecule has 222 valence electrons. The van der Waals surface area contributed by atoms with Crippen molar-refractivity contribution in [3.63, 3.8) is 0 Å². The molecule has 0 saturated carbocycles. The molecule has 4 aliphatic carbocycles. The van der Waals surface area contributed by atoms with E-state index in [1.807, 2.05) is 0 Å². The van der Waals surface area contributed by atoms with Gasteiger partial charge in [-0.15, -0.1) is 0 Å². The summed E-state index contributed by atoms with van der Waals surface area (Å²) < 4.78 is 16.6. The molecule has 1 unspecified atom stereocenters. The van der Waals surface area contributed by atoms with Crippen LogP contribution in [0.25, 0.3) is 27.7 Å². The van der Waals surface area contributed by atoms with Crippen LogP contribution in [0.15, 0.2) is 57.3 Å². The molecule has 2 bridgehead atoms. The number of methoxy groups -OCH3 is 1. The molecule has 8 rings (SSSR count). The quantitative estimate of drug-likeness (QED) is 0.145. The average molecular weight is 597 g/mol. The molecule has 11 heteroatoms. The second-order valence-electron chi connectivity index (χ2n) is 11.3. The van der Waals surface area contributed by atoms with Crippen LogP contribution in [-0.4, -0.2) is 45.3 Å². The smallest absolute Gasteiger partial charge is 0.342 e. The third kappa shape index (κ3) is 3.37. The Labute approximate surface area is 247 Å². The van der Waals surface area contributed by atoms with Crippen molar-refractivity contribution >= 4 is 45.4 Å². The number of carbonyl (C=O) groups excluding carboxylic acids is 3. The molecule has 1 heterocycles.